The highest BCUT2D eigenvalue weighted by Crippen LogP contribution is 2.68. The van der Waals surface area contributed by atoms with Crippen LogP contribution >= 0.6 is 15.9 Å². The summed E-state index contributed by atoms with van der Waals surface area (Å²) in [6, 6.07) is 0. The number of halogens is 1. The zero-order valence-corrected chi connectivity index (χ0v) is 23.5. The van der Waals surface area contributed by atoms with Crippen molar-refractivity contribution in [3.63, 3.8) is 0 Å². The first-order valence-electron chi connectivity index (χ1n) is 14.0. The molecule has 0 heterocycles. The van der Waals surface area contributed by atoms with Gasteiger partial charge in [0.1, 0.15) is 5.78 Å². The van der Waals surface area contributed by atoms with Crippen molar-refractivity contribution in [3.05, 3.63) is 0 Å². The fourth-order valence-electron chi connectivity index (χ4n) is 9.81. The predicted molar refractivity (Wildman–Crippen MR) is 138 cm³/mol. The van der Waals surface area contributed by atoms with Gasteiger partial charge in [-0.1, -0.05) is 63.9 Å². The summed E-state index contributed by atoms with van der Waals surface area (Å²) in [6.07, 6.45) is 8.53. The third-order valence-corrected chi connectivity index (χ3v) is 12.6. The van der Waals surface area contributed by atoms with Crippen LogP contribution in [0.25, 0.3) is 0 Å². The molecular formula is C29H49BrO3. The number of alkyl halides is 1. The standard InChI is InChI=1S/C29H49BrO3/c1-7-19(16(2)3)27(33)26(32)17(4)21-8-9-22-20-15-25(31)24-14-18(30)10-12-29(24,6)23(20)11-13-28(21,22)5/h16-24,26-27,32-33H,7-15H2,1-6H3/t17-,18-,19-,20?,21?,22?,23?,24+,26+,27+,28+,29+/m0/s1. The summed E-state index contributed by atoms with van der Waals surface area (Å²) < 4.78 is 0. The van der Waals surface area contributed by atoms with Crippen LogP contribution in [0, 0.1) is 58.2 Å². The number of carbonyl (C=O) groups excluding carboxylic acids is 1. The first-order valence-corrected chi connectivity index (χ1v) is 14.9. The number of aliphatic hydroxyl groups is 2. The fourth-order valence-corrected chi connectivity index (χ4v) is 10.4. The van der Waals surface area contributed by atoms with Crippen LogP contribution in [0.1, 0.15) is 99.3 Å². The Bertz CT molecular complexity index is 724. The minimum Gasteiger partial charge on any atom is -0.390 e. The van der Waals surface area contributed by atoms with Crippen LogP contribution in [-0.2, 0) is 4.79 Å². The van der Waals surface area contributed by atoms with Gasteiger partial charge in [0, 0.05) is 17.2 Å². The second-order valence-electron chi connectivity index (χ2n) is 13.4. The van der Waals surface area contributed by atoms with Crippen LogP contribution in [-0.4, -0.2) is 33.0 Å². The average molecular weight is 526 g/mol. The second kappa shape index (κ2) is 9.51. The molecule has 4 fully saturated rings. The number of ketones is 1. The maximum absolute atomic E-state index is 13.4. The quantitative estimate of drug-likeness (QED) is 0.383. The van der Waals surface area contributed by atoms with Crippen LogP contribution in [0.5, 0.6) is 0 Å². The van der Waals surface area contributed by atoms with E-state index >= 15 is 0 Å². The summed E-state index contributed by atoms with van der Waals surface area (Å²) >= 11 is 3.82. The van der Waals surface area contributed by atoms with Crippen LogP contribution < -0.4 is 0 Å². The lowest BCUT2D eigenvalue weighted by atomic mass is 9.44. The summed E-state index contributed by atoms with van der Waals surface area (Å²) in [5.74, 6) is 3.58. The lowest BCUT2D eigenvalue weighted by Gasteiger charge is -2.60. The highest BCUT2D eigenvalue weighted by atomic mass is 79.9. The Balaban J connectivity index is 1.54. The third-order valence-electron chi connectivity index (χ3n) is 11.8. The molecule has 3 nitrogen and oxygen atoms in total. The first-order chi connectivity index (χ1) is 15.5. The Morgan fingerprint density at radius 1 is 0.970 bits per heavy atom. The molecule has 4 heteroatoms. The Kier molecular flexibility index (Phi) is 7.53. The molecule has 4 aliphatic rings. The van der Waals surface area contributed by atoms with E-state index in [0.717, 1.165) is 25.7 Å². The van der Waals surface area contributed by atoms with Gasteiger partial charge in [-0.2, -0.15) is 0 Å². The van der Waals surface area contributed by atoms with E-state index in [1.807, 2.05) is 0 Å². The van der Waals surface area contributed by atoms with Crippen LogP contribution in [0.15, 0.2) is 0 Å². The molecular weight excluding hydrogens is 476 g/mol. The van der Waals surface area contributed by atoms with Gasteiger partial charge in [-0.25, -0.2) is 0 Å². The summed E-state index contributed by atoms with van der Waals surface area (Å²) in [4.78, 5) is 13.9. The van der Waals surface area contributed by atoms with E-state index in [1.54, 1.807) is 0 Å². The molecule has 4 aliphatic carbocycles. The van der Waals surface area contributed by atoms with Crippen molar-refractivity contribution in [2.75, 3.05) is 0 Å². The molecule has 0 aliphatic heterocycles. The molecule has 0 aromatic rings. The molecule has 0 aromatic heterocycles. The van der Waals surface area contributed by atoms with E-state index in [9.17, 15) is 15.0 Å². The van der Waals surface area contributed by atoms with Crippen molar-refractivity contribution >= 4 is 21.7 Å². The molecule has 4 unspecified atom stereocenters. The molecule has 0 aromatic carbocycles. The summed E-state index contributed by atoms with van der Waals surface area (Å²) in [7, 11) is 0. The van der Waals surface area contributed by atoms with E-state index < -0.39 is 12.2 Å². The summed E-state index contributed by atoms with van der Waals surface area (Å²) in [6.45, 7) is 13.5. The van der Waals surface area contributed by atoms with Gasteiger partial charge in [0.05, 0.1) is 12.2 Å². The van der Waals surface area contributed by atoms with Crippen LogP contribution in [0.4, 0.5) is 0 Å². The van der Waals surface area contributed by atoms with Crippen LogP contribution in [0.2, 0.25) is 0 Å². The largest absolute Gasteiger partial charge is 0.390 e. The Labute approximate surface area is 211 Å². The smallest absolute Gasteiger partial charge is 0.136 e. The van der Waals surface area contributed by atoms with Gasteiger partial charge in [-0.15, -0.1) is 0 Å². The summed E-state index contributed by atoms with van der Waals surface area (Å²) in [5.41, 5.74) is 0.355. The molecule has 0 saturated heterocycles. The second-order valence-corrected chi connectivity index (χ2v) is 14.7. The molecule has 190 valence electrons. The lowest BCUT2D eigenvalue weighted by Crippen LogP contribution is -2.57. The number of Topliss-reactive ketones (excluding diaryl/α,β-unsaturated/α-hetero) is 1. The minimum atomic E-state index is -0.667. The van der Waals surface area contributed by atoms with Gasteiger partial charge < -0.3 is 10.2 Å². The highest BCUT2D eigenvalue weighted by molar-refractivity contribution is 9.09. The lowest BCUT2D eigenvalue weighted by molar-refractivity contribution is -0.155. The molecule has 0 bridgehead atoms. The number of rotatable bonds is 6. The molecule has 33 heavy (non-hydrogen) atoms. The average Bonchev–Trinajstić information content (AvgIpc) is 3.11. The van der Waals surface area contributed by atoms with Crippen molar-refractivity contribution < 1.29 is 15.0 Å². The number of fused-ring (bicyclic) bond motifs is 5. The normalized spacial score (nSPS) is 46.8. The van der Waals surface area contributed by atoms with E-state index in [4.69, 9.17) is 0 Å². The number of carbonyl (C=O) groups is 1. The number of aliphatic hydroxyl groups excluding tert-OH is 2. The Morgan fingerprint density at radius 3 is 2.24 bits per heavy atom. The first kappa shape index (κ1) is 26.1. The molecule has 0 spiro atoms. The van der Waals surface area contributed by atoms with Gasteiger partial charge in [-0.05, 0) is 97.2 Å². The maximum atomic E-state index is 13.4. The van der Waals surface area contributed by atoms with E-state index in [1.165, 1.54) is 32.1 Å². The Morgan fingerprint density at radius 2 is 1.61 bits per heavy atom. The number of hydrogen-bond acceptors (Lipinski definition) is 3. The van der Waals surface area contributed by atoms with Crippen molar-refractivity contribution in [3.8, 4) is 0 Å². The topological polar surface area (TPSA) is 57.5 Å². The summed E-state index contributed by atoms with van der Waals surface area (Å²) in [5, 5.41) is 22.4. The maximum Gasteiger partial charge on any atom is 0.136 e. The van der Waals surface area contributed by atoms with E-state index in [2.05, 4.69) is 57.5 Å². The van der Waals surface area contributed by atoms with Crippen molar-refractivity contribution in [1.82, 2.24) is 0 Å². The highest BCUT2D eigenvalue weighted by Gasteiger charge is 2.62. The Hall–Kier alpha value is 0.0700. The van der Waals surface area contributed by atoms with Gasteiger partial charge in [0.2, 0.25) is 0 Å². The molecule has 0 amide bonds. The van der Waals surface area contributed by atoms with Gasteiger partial charge in [0.25, 0.3) is 0 Å². The molecule has 12 atom stereocenters. The molecule has 4 rings (SSSR count). The zero-order valence-electron chi connectivity index (χ0n) is 21.9. The monoisotopic (exact) mass is 524 g/mol. The van der Waals surface area contributed by atoms with Crippen LogP contribution in [0.3, 0.4) is 0 Å². The van der Waals surface area contributed by atoms with Crippen molar-refractivity contribution in [2.45, 2.75) is 116 Å². The van der Waals surface area contributed by atoms with Crippen molar-refractivity contribution in [2.24, 2.45) is 58.2 Å². The van der Waals surface area contributed by atoms with Gasteiger partial charge in [0.15, 0.2) is 0 Å². The van der Waals surface area contributed by atoms with Gasteiger partial charge in [-0.3, -0.25) is 4.79 Å². The minimum absolute atomic E-state index is 0.0887. The third kappa shape index (κ3) is 4.20. The van der Waals surface area contributed by atoms with Gasteiger partial charge >= 0.3 is 0 Å². The number of hydrogen-bond donors (Lipinski definition) is 2. The zero-order chi connectivity index (χ0) is 24.3. The molecule has 4 saturated carbocycles. The predicted octanol–water partition coefficient (Wildman–Crippen LogP) is 6.63. The van der Waals surface area contributed by atoms with Crippen molar-refractivity contribution in [1.29, 1.82) is 0 Å². The molecule has 2 N–H and O–H groups in total. The van der Waals surface area contributed by atoms with E-state index in [-0.39, 0.29) is 28.6 Å². The SMILES string of the molecule is CC[C@@H](C(C)C)[C@@H](O)[C@H](O)[C@@H](C)C1CCC2C3CC(=O)[C@H]4C[C@@H](Br)CC[C@]4(C)C3CC[C@@]21C. The fraction of sp³-hybridized carbons (Fsp3) is 0.966. The van der Waals surface area contributed by atoms with E-state index in [0.29, 0.717) is 40.2 Å². The molecule has 0 radical (unpaired) electrons.